The number of hydrogen-bond donors (Lipinski definition) is 5. The Kier molecular flexibility index (Phi) is 6.80. The summed E-state index contributed by atoms with van der Waals surface area (Å²) in [6.45, 7) is 1.84. The second-order valence-corrected chi connectivity index (χ2v) is 7.43. The first-order valence-corrected chi connectivity index (χ1v) is 9.73. The molecule has 8 heteroatoms. The van der Waals surface area contributed by atoms with Crippen LogP contribution < -0.4 is 4.74 Å². The van der Waals surface area contributed by atoms with Crippen molar-refractivity contribution in [2.75, 3.05) is 13.2 Å². The highest BCUT2D eigenvalue weighted by atomic mass is 35.5. The van der Waals surface area contributed by atoms with Crippen LogP contribution in [0, 0.1) is 0 Å². The quantitative estimate of drug-likeness (QED) is 0.468. The molecule has 5 atom stereocenters. The first kappa shape index (κ1) is 22.0. The van der Waals surface area contributed by atoms with Gasteiger partial charge in [-0.25, -0.2) is 0 Å². The van der Waals surface area contributed by atoms with Crippen LogP contribution in [0.3, 0.4) is 0 Å². The van der Waals surface area contributed by atoms with E-state index in [1.165, 1.54) is 6.07 Å². The molecule has 0 saturated carbocycles. The maximum atomic E-state index is 11.0. The maximum Gasteiger partial charge on any atom is 0.222 e. The zero-order chi connectivity index (χ0) is 21.2. The molecule has 1 aliphatic rings. The van der Waals surface area contributed by atoms with Gasteiger partial charge in [-0.15, -0.1) is 0 Å². The van der Waals surface area contributed by atoms with Gasteiger partial charge in [0, 0.05) is 10.6 Å². The molecule has 1 unspecified atom stereocenters. The molecule has 3 rings (SSSR count). The Balaban J connectivity index is 1.89. The highest BCUT2D eigenvalue weighted by Gasteiger charge is 2.53. The minimum absolute atomic E-state index is 0.153. The summed E-state index contributed by atoms with van der Waals surface area (Å²) in [7, 11) is 0. The van der Waals surface area contributed by atoms with Crippen molar-refractivity contribution < 1.29 is 35.0 Å². The summed E-state index contributed by atoms with van der Waals surface area (Å²) in [5.74, 6) is -1.56. The summed E-state index contributed by atoms with van der Waals surface area (Å²) in [4.78, 5) is 0. The molecule has 0 radical (unpaired) electrons. The highest BCUT2D eigenvalue weighted by Crippen LogP contribution is 2.37. The van der Waals surface area contributed by atoms with Gasteiger partial charge in [-0.1, -0.05) is 29.8 Å². The van der Waals surface area contributed by atoms with Gasteiger partial charge in [0.15, 0.2) is 0 Å². The van der Waals surface area contributed by atoms with Gasteiger partial charge in [0.1, 0.15) is 30.2 Å². The van der Waals surface area contributed by atoms with Gasteiger partial charge < -0.3 is 35.0 Å². The van der Waals surface area contributed by atoms with Gasteiger partial charge in [0.25, 0.3) is 0 Å². The zero-order valence-electron chi connectivity index (χ0n) is 15.9. The van der Waals surface area contributed by atoms with Gasteiger partial charge in [-0.2, -0.15) is 0 Å². The minimum Gasteiger partial charge on any atom is -0.494 e. The number of benzene rings is 2. The molecule has 29 heavy (non-hydrogen) atoms. The van der Waals surface area contributed by atoms with E-state index in [0.717, 1.165) is 11.3 Å². The van der Waals surface area contributed by atoms with E-state index >= 15 is 0 Å². The van der Waals surface area contributed by atoms with Crippen molar-refractivity contribution in [3.63, 3.8) is 0 Å². The number of halogens is 1. The van der Waals surface area contributed by atoms with Crippen LogP contribution in [-0.4, -0.2) is 63.2 Å². The van der Waals surface area contributed by atoms with Crippen LogP contribution in [0.2, 0.25) is 5.02 Å². The Morgan fingerprint density at radius 2 is 1.76 bits per heavy atom. The fourth-order valence-electron chi connectivity index (χ4n) is 3.42. The monoisotopic (exact) mass is 424 g/mol. The molecule has 1 saturated heterocycles. The second kappa shape index (κ2) is 8.97. The minimum atomic E-state index is -2.32. The molecular weight excluding hydrogens is 400 g/mol. The lowest BCUT2D eigenvalue weighted by molar-refractivity contribution is -0.357. The molecule has 0 aromatic heterocycles. The molecule has 7 nitrogen and oxygen atoms in total. The largest absolute Gasteiger partial charge is 0.494 e. The molecule has 0 amide bonds. The second-order valence-electron chi connectivity index (χ2n) is 7.02. The molecule has 1 fully saturated rings. The number of ether oxygens (including phenoxy) is 2. The Hall–Kier alpha value is -1.71. The van der Waals surface area contributed by atoms with Crippen molar-refractivity contribution >= 4 is 11.6 Å². The third-order valence-electron chi connectivity index (χ3n) is 5.05. The van der Waals surface area contributed by atoms with Crippen molar-refractivity contribution in [1.29, 1.82) is 0 Å². The fraction of sp³-hybridized carbons (Fsp3) is 0.429. The van der Waals surface area contributed by atoms with Crippen molar-refractivity contribution in [2.45, 2.75) is 43.5 Å². The summed E-state index contributed by atoms with van der Waals surface area (Å²) < 4.78 is 10.8. The van der Waals surface area contributed by atoms with Crippen LogP contribution in [-0.2, 0) is 16.9 Å². The molecule has 5 N–H and O–H groups in total. The van der Waals surface area contributed by atoms with E-state index in [-0.39, 0.29) is 5.56 Å². The molecule has 0 spiro atoms. The highest BCUT2D eigenvalue weighted by molar-refractivity contribution is 6.31. The Bertz CT molecular complexity index is 826. The fourth-order valence-corrected chi connectivity index (χ4v) is 3.60. The van der Waals surface area contributed by atoms with Crippen molar-refractivity contribution in [3.8, 4) is 5.75 Å². The van der Waals surface area contributed by atoms with Gasteiger partial charge in [0.2, 0.25) is 5.79 Å². The molecule has 2 aromatic carbocycles. The Morgan fingerprint density at radius 1 is 1.07 bits per heavy atom. The third-order valence-corrected chi connectivity index (χ3v) is 5.42. The number of aliphatic hydroxyl groups is 5. The van der Waals surface area contributed by atoms with E-state index in [9.17, 15) is 25.5 Å². The smallest absolute Gasteiger partial charge is 0.222 e. The molecule has 1 heterocycles. The lowest BCUT2D eigenvalue weighted by Crippen LogP contribution is -2.63. The summed E-state index contributed by atoms with van der Waals surface area (Å²) in [5, 5.41) is 51.1. The van der Waals surface area contributed by atoms with Crippen LogP contribution in [0.5, 0.6) is 5.75 Å². The van der Waals surface area contributed by atoms with Gasteiger partial charge in [-0.3, -0.25) is 0 Å². The van der Waals surface area contributed by atoms with Crippen molar-refractivity contribution in [1.82, 2.24) is 0 Å². The Labute approximate surface area is 173 Å². The van der Waals surface area contributed by atoms with E-state index in [4.69, 9.17) is 21.1 Å². The SMILES string of the molecule is CCOc1ccc(Cc2cc([C@]3(O)O[C@H](CO)C(O)[C@H](O)[C@H]3O)ccc2Cl)cc1. The van der Waals surface area contributed by atoms with Crippen LogP contribution in [0.1, 0.15) is 23.6 Å². The normalized spacial score (nSPS) is 29.6. The average molecular weight is 425 g/mol. The van der Waals surface area contributed by atoms with Gasteiger partial charge in [-0.05, 0) is 48.7 Å². The molecule has 1 aliphatic heterocycles. The van der Waals surface area contributed by atoms with Gasteiger partial charge >= 0.3 is 0 Å². The number of rotatable bonds is 6. The summed E-state index contributed by atoms with van der Waals surface area (Å²) >= 11 is 6.32. The first-order valence-electron chi connectivity index (χ1n) is 9.36. The number of hydrogen-bond acceptors (Lipinski definition) is 7. The lowest BCUT2D eigenvalue weighted by atomic mass is 9.87. The predicted molar refractivity (Wildman–Crippen MR) is 106 cm³/mol. The molecule has 0 bridgehead atoms. The predicted octanol–water partition coefficient (Wildman–Crippen LogP) is 0.948. The average Bonchev–Trinajstić information content (AvgIpc) is 2.72. The summed E-state index contributed by atoms with van der Waals surface area (Å²) in [5.41, 5.74) is 1.77. The van der Waals surface area contributed by atoms with E-state index in [1.807, 2.05) is 31.2 Å². The zero-order valence-corrected chi connectivity index (χ0v) is 16.7. The Morgan fingerprint density at radius 3 is 2.38 bits per heavy atom. The van der Waals surface area contributed by atoms with Crippen LogP contribution >= 0.6 is 11.6 Å². The standard InChI is InChI=1S/C21H25ClO7/c1-2-28-15-6-3-12(4-7-15)9-13-10-14(5-8-16(13)22)21(27)20(26)19(25)18(24)17(11-23)29-21/h3-8,10,17-20,23-27H,2,9,11H2,1H3/t17-,18?,19+,20-,21+/m1/s1. The summed E-state index contributed by atoms with van der Waals surface area (Å²) in [6.07, 6.45) is -5.87. The topological polar surface area (TPSA) is 120 Å². The first-order chi connectivity index (χ1) is 13.8. The van der Waals surface area contributed by atoms with Crippen LogP contribution in [0.4, 0.5) is 0 Å². The molecule has 0 aliphatic carbocycles. The van der Waals surface area contributed by atoms with E-state index < -0.39 is 36.8 Å². The van der Waals surface area contributed by atoms with Crippen molar-refractivity contribution in [3.05, 3.63) is 64.2 Å². The van der Waals surface area contributed by atoms with E-state index in [0.29, 0.717) is 23.6 Å². The van der Waals surface area contributed by atoms with Crippen LogP contribution in [0.25, 0.3) is 0 Å². The molecule has 158 valence electrons. The molecule has 2 aromatic rings. The lowest BCUT2D eigenvalue weighted by Gasteiger charge is -2.45. The maximum absolute atomic E-state index is 11.0. The van der Waals surface area contributed by atoms with E-state index in [1.54, 1.807) is 12.1 Å². The summed E-state index contributed by atoms with van der Waals surface area (Å²) in [6, 6.07) is 12.1. The van der Waals surface area contributed by atoms with E-state index in [2.05, 4.69) is 0 Å². The van der Waals surface area contributed by atoms with Gasteiger partial charge in [0.05, 0.1) is 13.2 Å². The number of aliphatic hydroxyl groups excluding tert-OH is 4. The molecular formula is C21H25ClO7. The van der Waals surface area contributed by atoms with Crippen LogP contribution in [0.15, 0.2) is 42.5 Å². The van der Waals surface area contributed by atoms with Crippen molar-refractivity contribution in [2.24, 2.45) is 0 Å². The third kappa shape index (κ3) is 4.41.